The second kappa shape index (κ2) is 16.9. The van der Waals surface area contributed by atoms with Crippen molar-refractivity contribution in [3.8, 4) is 0 Å². The first kappa shape index (κ1) is 15.8. The molecule has 0 amide bonds. The summed E-state index contributed by atoms with van der Waals surface area (Å²) in [4.78, 5) is 0. The minimum atomic E-state index is 0. The van der Waals surface area contributed by atoms with Gasteiger partial charge in [-0.15, -0.1) is 0 Å². The van der Waals surface area contributed by atoms with E-state index in [-0.39, 0.29) is 80.9 Å². The molecule has 0 atom stereocenters. The van der Waals surface area contributed by atoms with Crippen molar-refractivity contribution in [1.82, 2.24) is 0 Å². The SMILES string of the molecule is C[SiH2-].[K+].[NaH]. The maximum absolute atomic E-state index is 2.03. The summed E-state index contributed by atoms with van der Waals surface area (Å²) in [6.07, 6.45) is 0. The maximum atomic E-state index is 2.03. The van der Waals surface area contributed by atoms with Crippen LogP contribution in [-0.4, -0.2) is 39.8 Å². The first-order valence-corrected chi connectivity index (χ1v) is 2.12. The van der Waals surface area contributed by atoms with E-state index in [1.807, 2.05) is 16.8 Å². The van der Waals surface area contributed by atoms with Crippen LogP contribution < -0.4 is 51.4 Å². The molecule has 0 radical (unpaired) electrons. The zero-order valence-corrected chi connectivity index (χ0v) is 7.24. The van der Waals surface area contributed by atoms with E-state index in [1.165, 1.54) is 0 Å². The van der Waals surface area contributed by atoms with Crippen molar-refractivity contribution in [2.45, 2.75) is 6.55 Å². The average Bonchev–Trinajstić information content (AvgIpc) is 1.00. The summed E-state index contributed by atoms with van der Waals surface area (Å²) >= 11 is 0. The number of rotatable bonds is 0. The third kappa shape index (κ3) is 8.85. The molecule has 0 unspecified atom stereocenters. The molecule has 3 heteroatoms. The third-order valence-corrected chi connectivity index (χ3v) is 0. The first-order valence-electron chi connectivity index (χ1n) is 0.707. The number of hydrogen-bond acceptors (Lipinski definition) is 0. The molecule has 0 aromatic rings. The van der Waals surface area contributed by atoms with E-state index in [4.69, 9.17) is 0 Å². The average molecular weight is 108 g/mol. The Morgan fingerprint density at radius 2 is 1.25 bits per heavy atom. The molecule has 4 heavy (non-hydrogen) atoms. The van der Waals surface area contributed by atoms with E-state index >= 15 is 0 Å². The Hall–Kier alpha value is 2.85. The summed E-state index contributed by atoms with van der Waals surface area (Å²) in [5.41, 5.74) is 0. The Labute approximate surface area is 95.2 Å². The van der Waals surface area contributed by atoms with Crippen LogP contribution in [0.15, 0.2) is 0 Å². The second-order valence-electron chi connectivity index (χ2n) is 0. The Kier molecular flexibility index (Phi) is 67.0. The summed E-state index contributed by atoms with van der Waals surface area (Å²) in [5, 5.41) is 0. The fourth-order valence-electron chi connectivity index (χ4n) is 0. The molecule has 0 N–H and O–H groups in total. The van der Waals surface area contributed by atoms with Crippen LogP contribution in [0.3, 0.4) is 0 Å². The standard InChI is InChI=1S/CH5Si.K.Na.H/c1-2;;;/h2H2,1H3;;;/q-1;+1;;. The molecule has 0 bridgehead atoms. The van der Waals surface area contributed by atoms with E-state index < -0.39 is 0 Å². The predicted molar refractivity (Wildman–Crippen MR) is 21.6 cm³/mol. The van der Waals surface area contributed by atoms with Crippen LogP contribution in [-0.2, 0) is 0 Å². The van der Waals surface area contributed by atoms with Gasteiger partial charge in [-0.3, -0.25) is 0 Å². The molecule has 0 nitrogen and oxygen atoms in total. The first-order chi connectivity index (χ1) is 1.00. The van der Waals surface area contributed by atoms with Gasteiger partial charge in [-0.1, -0.05) is 0 Å². The fraction of sp³-hybridized carbons (Fsp3) is 1.00. The van der Waals surface area contributed by atoms with Crippen LogP contribution in [0.4, 0.5) is 0 Å². The Bertz CT molecular complexity index is 8.00. The van der Waals surface area contributed by atoms with Gasteiger partial charge in [-0.2, -0.15) is 6.55 Å². The van der Waals surface area contributed by atoms with Crippen LogP contribution in [0.1, 0.15) is 0 Å². The van der Waals surface area contributed by atoms with Crippen LogP contribution in [0.5, 0.6) is 0 Å². The van der Waals surface area contributed by atoms with Crippen molar-refractivity contribution in [1.29, 1.82) is 0 Å². The van der Waals surface area contributed by atoms with E-state index in [2.05, 4.69) is 0 Å². The zero-order valence-electron chi connectivity index (χ0n) is 2.71. The molecule has 0 aromatic heterocycles. The molecule has 0 aliphatic rings. The molecular formula is CH6KNaSi. The second-order valence-corrected chi connectivity index (χ2v) is 0. The summed E-state index contributed by atoms with van der Waals surface area (Å²) in [5.74, 6) is 0. The zero-order chi connectivity index (χ0) is 2.00. The third-order valence-electron chi connectivity index (χ3n) is 0. The Morgan fingerprint density at radius 1 is 1.25 bits per heavy atom. The molecule has 0 heterocycles. The van der Waals surface area contributed by atoms with Gasteiger partial charge in [0.25, 0.3) is 0 Å². The van der Waals surface area contributed by atoms with Gasteiger partial charge in [0, 0.05) is 0 Å². The van der Waals surface area contributed by atoms with Crippen molar-refractivity contribution in [2.75, 3.05) is 0 Å². The molecular weight excluding hydrogens is 102 g/mol. The Balaban J connectivity index is -0.00000000500. The monoisotopic (exact) mass is 108 g/mol. The molecule has 0 spiro atoms. The van der Waals surface area contributed by atoms with Gasteiger partial charge in [-0.25, -0.2) is 0 Å². The van der Waals surface area contributed by atoms with Gasteiger partial charge in [0.2, 0.25) is 0 Å². The van der Waals surface area contributed by atoms with Crippen LogP contribution >= 0.6 is 0 Å². The van der Waals surface area contributed by atoms with Gasteiger partial charge < -0.3 is 10.2 Å². The van der Waals surface area contributed by atoms with E-state index in [1.54, 1.807) is 0 Å². The van der Waals surface area contributed by atoms with Crippen LogP contribution in [0.25, 0.3) is 0 Å². The number of hydrogen-bond donors (Lipinski definition) is 0. The van der Waals surface area contributed by atoms with Gasteiger partial charge >= 0.3 is 80.9 Å². The summed E-state index contributed by atoms with van der Waals surface area (Å²) in [6, 6.07) is 0. The molecule has 0 aliphatic carbocycles. The van der Waals surface area contributed by atoms with Crippen LogP contribution in [0, 0.1) is 0 Å². The van der Waals surface area contributed by atoms with Crippen molar-refractivity contribution in [3.05, 3.63) is 0 Å². The van der Waals surface area contributed by atoms with Gasteiger partial charge in [0.05, 0.1) is 0 Å². The van der Waals surface area contributed by atoms with Gasteiger partial charge in [-0.05, 0) is 0 Å². The van der Waals surface area contributed by atoms with E-state index in [9.17, 15) is 0 Å². The molecule has 16 valence electrons. The molecule has 0 saturated heterocycles. The quantitative estimate of drug-likeness (QED) is 0.278. The minimum absolute atomic E-state index is 0. The normalized spacial score (nSPS) is 1.50. The summed E-state index contributed by atoms with van der Waals surface area (Å²) < 4.78 is 0. The molecule has 0 fully saturated rings. The van der Waals surface area contributed by atoms with Crippen molar-refractivity contribution >= 4 is 39.8 Å². The van der Waals surface area contributed by atoms with Crippen LogP contribution in [0.2, 0.25) is 6.55 Å². The van der Waals surface area contributed by atoms with Crippen molar-refractivity contribution in [3.63, 3.8) is 0 Å². The van der Waals surface area contributed by atoms with Crippen molar-refractivity contribution in [2.24, 2.45) is 0 Å². The summed E-state index contributed by atoms with van der Waals surface area (Å²) in [6.45, 7) is 2.03. The fourth-order valence-corrected chi connectivity index (χ4v) is 0. The van der Waals surface area contributed by atoms with Gasteiger partial charge in [0.1, 0.15) is 0 Å². The molecule has 0 saturated carbocycles. The molecule has 0 aliphatic heterocycles. The topological polar surface area (TPSA) is 0 Å². The van der Waals surface area contributed by atoms with Gasteiger partial charge in [0.15, 0.2) is 0 Å². The molecule has 0 rings (SSSR count). The molecule has 0 aromatic carbocycles. The predicted octanol–water partition coefficient (Wildman–Crippen LogP) is -3.98. The van der Waals surface area contributed by atoms with Crippen molar-refractivity contribution < 1.29 is 51.4 Å². The summed E-state index contributed by atoms with van der Waals surface area (Å²) in [7, 11) is 1.86. The van der Waals surface area contributed by atoms with E-state index in [0.717, 1.165) is 0 Å². The van der Waals surface area contributed by atoms with E-state index in [0.29, 0.717) is 0 Å². The Morgan fingerprint density at radius 3 is 1.25 bits per heavy atom.